The van der Waals surface area contributed by atoms with Gasteiger partial charge in [0.15, 0.2) is 0 Å². The van der Waals surface area contributed by atoms with Crippen LogP contribution >= 0.6 is 0 Å². The van der Waals surface area contributed by atoms with Crippen LogP contribution in [0.4, 0.5) is 4.79 Å². The van der Waals surface area contributed by atoms with E-state index in [2.05, 4.69) is 10.2 Å². The van der Waals surface area contributed by atoms with Crippen LogP contribution in [0.25, 0.3) is 0 Å². The Labute approximate surface area is 69.4 Å². The monoisotopic (exact) mass is 170 g/mol. The third-order valence-corrected chi connectivity index (χ3v) is 1.48. The zero-order valence-corrected chi connectivity index (χ0v) is 6.93. The molecule has 66 valence electrons. The van der Waals surface area contributed by atoms with Crippen LogP contribution in [0.2, 0.25) is 0 Å². The predicted molar refractivity (Wildman–Crippen MR) is 41.5 cm³/mol. The Bertz CT molecular complexity index is 283. The lowest BCUT2D eigenvalue weighted by molar-refractivity contribution is 0.195. The molecule has 1 N–H and O–H groups in total. The lowest BCUT2D eigenvalue weighted by Gasteiger charge is -2.17. The summed E-state index contributed by atoms with van der Waals surface area (Å²) in [5.74, 6) is 0.555. The maximum atomic E-state index is 10.6. The van der Waals surface area contributed by atoms with Gasteiger partial charge in [0.25, 0.3) is 0 Å². The van der Waals surface area contributed by atoms with E-state index in [0.717, 1.165) is 5.01 Å². The number of rotatable bonds is 2. The summed E-state index contributed by atoms with van der Waals surface area (Å²) >= 11 is 0. The molecule has 0 aliphatic carbocycles. The number of carbonyl (C=O) groups is 1. The minimum absolute atomic E-state index is 0.369. The third kappa shape index (κ3) is 1.36. The molecule has 1 amide bonds. The van der Waals surface area contributed by atoms with Crippen molar-refractivity contribution in [3.8, 4) is 0 Å². The number of amides is 1. The molecular formula is C6H10N4O2. The standard InChI is InChI=1S/C6H10N4O2/c1-3-9(6(11)12)10-4-7-8-5(10)2/h4H,3H2,1-2H3,(H,11,12). The van der Waals surface area contributed by atoms with Crippen molar-refractivity contribution in [3.63, 3.8) is 0 Å². The summed E-state index contributed by atoms with van der Waals surface area (Å²) in [7, 11) is 0. The minimum atomic E-state index is -1.01. The van der Waals surface area contributed by atoms with Crippen molar-refractivity contribution in [2.24, 2.45) is 0 Å². The van der Waals surface area contributed by atoms with Crippen molar-refractivity contribution >= 4 is 6.09 Å². The van der Waals surface area contributed by atoms with E-state index in [1.165, 1.54) is 11.0 Å². The first-order chi connectivity index (χ1) is 5.66. The molecule has 0 aliphatic rings. The topological polar surface area (TPSA) is 71.2 Å². The van der Waals surface area contributed by atoms with Gasteiger partial charge < -0.3 is 5.11 Å². The first kappa shape index (κ1) is 8.51. The normalized spacial score (nSPS) is 9.83. The van der Waals surface area contributed by atoms with Gasteiger partial charge in [0.1, 0.15) is 12.2 Å². The number of hydrogen-bond donors (Lipinski definition) is 1. The van der Waals surface area contributed by atoms with Crippen LogP contribution in [0.1, 0.15) is 12.7 Å². The summed E-state index contributed by atoms with van der Waals surface area (Å²) in [4.78, 5) is 10.6. The average molecular weight is 170 g/mol. The Hall–Kier alpha value is -1.59. The van der Waals surface area contributed by atoms with Crippen molar-refractivity contribution in [2.75, 3.05) is 11.6 Å². The smallest absolute Gasteiger partial charge is 0.426 e. The van der Waals surface area contributed by atoms with Gasteiger partial charge in [-0.15, -0.1) is 10.2 Å². The van der Waals surface area contributed by atoms with E-state index < -0.39 is 6.09 Å². The van der Waals surface area contributed by atoms with E-state index in [1.54, 1.807) is 13.8 Å². The second kappa shape index (κ2) is 3.21. The maximum absolute atomic E-state index is 10.6. The minimum Gasteiger partial charge on any atom is -0.464 e. The van der Waals surface area contributed by atoms with Crippen LogP contribution in [0.5, 0.6) is 0 Å². The van der Waals surface area contributed by atoms with Gasteiger partial charge in [-0.2, -0.15) is 0 Å². The maximum Gasteiger partial charge on any atom is 0.426 e. The van der Waals surface area contributed by atoms with Gasteiger partial charge in [-0.25, -0.2) is 14.5 Å². The van der Waals surface area contributed by atoms with E-state index in [0.29, 0.717) is 12.4 Å². The highest BCUT2D eigenvalue weighted by Crippen LogP contribution is 1.95. The highest BCUT2D eigenvalue weighted by molar-refractivity contribution is 5.76. The molecule has 0 aromatic carbocycles. The molecule has 0 atom stereocenters. The summed E-state index contributed by atoms with van der Waals surface area (Å²) in [6.45, 7) is 3.81. The fraction of sp³-hybridized carbons (Fsp3) is 0.500. The van der Waals surface area contributed by atoms with Crippen molar-refractivity contribution in [1.82, 2.24) is 14.9 Å². The Balaban J connectivity index is 2.94. The fourth-order valence-electron chi connectivity index (χ4n) is 0.904. The van der Waals surface area contributed by atoms with Crippen LogP contribution < -0.4 is 5.01 Å². The van der Waals surface area contributed by atoms with Gasteiger partial charge in [0, 0.05) is 6.54 Å². The van der Waals surface area contributed by atoms with Gasteiger partial charge in [0.05, 0.1) is 0 Å². The number of carboxylic acid groups (broad SMARTS) is 1. The van der Waals surface area contributed by atoms with Crippen molar-refractivity contribution in [1.29, 1.82) is 0 Å². The van der Waals surface area contributed by atoms with Gasteiger partial charge in [-0.3, -0.25) is 0 Å². The molecule has 6 heteroatoms. The van der Waals surface area contributed by atoms with E-state index in [1.807, 2.05) is 0 Å². The van der Waals surface area contributed by atoms with Crippen molar-refractivity contribution in [3.05, 3.63) is 12.2 Å². The van der Waals surface area contributed by atoms with Gasteiger partial charge in [0.2, 0.25) is 0 Å². The summed E-state index contributed by atoms with van der Waals surface area (Å²) in [6, 6.07) is 0. The predicted octanol–water partition coefficient (Wildman–Crippen LogP) is 0.222. The van der Waals surface area contributed by atoms with E-state index in [4.69, 9.17) is 5.11 Å². The molecule has 0 aliphatic heterocycles. The highest BCUT2D eigenvalue weighted by Gasteiger charge is 2.12. The summed E-state index contributed by atoms with van der Waals surface area (Å²) in [6.07, 6.45) is 0.354. The second-order valence-corrected chi connectivity index (χ2v) is 2.22. The van der Waals surface area contributed by atoms with Crippen molar-refractivity contribution < 1.29 is 9.90 Å². The molecule has 1 heterocycles. The van der Waals surface area contributed by atoms with Crippen LogP contribution in [0.15, 0.2) is 6.33 Å². The van der Waals surface area contributed by atoms with E-state index >= 15 is 0 Å². The van der Waals surface area contributed by atoms with Crippen molar-refractivity contribution in [2.45, 2.75) is 13.8 Å². The molecule has 0 saturated heterocycles. The van der Waals surface area contributed by atoms with E-state index in [-0.39, 0.29) is 0 Å². The number of hydrogen-bond acceptors (Lipinski definition) is 3. The third-order valence-electron chi connectivity index (χ3n) is 1.48. The van der Waals surface area contributed by atoms with E-state index in [9.17, 15) is 4.79 Å². The average Bonchev–Trinajstić information content (AvgIpc) is 2.38. The molecule has 1 aromatic heterocycles. The molecule has 0 spiro atoms. The SMILES string of the molecule is CCN(C(=O)O)n1cnnc1C. The molecule has 0 unspecified atom stereocenters. The molecule has 1 aromatic rings. The molecular weight excluding hydrogens is 160 g/mol. The second-order valence-electron chi connectivity index (χ2n) is 2.22. The zero-order chi connectivity index (χ0) is 9.14. The number of aromatic nitrogens is 3. The van der Waals surface area contributed by atoms with Crippen LogP contribution in [-0.2, 0) is 0 Å². The Kier molecular flexibility index (Phi) is 2.27. The molecule has 12 heavy (non-hydrogen) atoms. The summed E-state index contributed by atoms with van der Waals surface area (Å²) in [5.41, 5.74) is 0. The first-order valence-corrected chi connectivity index (χ1v) is 3.54. The summed E-state index contributed by atoms with van der Waals surface area (Å²) in [5, 5.41) is 17.1. The molecule has 6 nitrogen and oxygen atoms in total. The quantitative estimate of drug-likeness (QED) is 0.689. The van der Waals surface area contributed by atoms with Crippen LogP contribution in [-0.4, -0.2) is 32.6 Å². The molecule has 0 bridgehead atoms. The molecule has 0 radical (unpaired) electrons. The summed E-state index contributed by atoms with van der Waals surface area (Å²) < 4.78 is 1.39. The lowest BCUT2D eigenvalue weighted by atomic mass is 10.7. The fourth-order valence-corrected chi connectivity index (χ4v) is 0.904. The Morgan fingerprint density at radius 2 is 2.50 bits per heavy atom. The largest absolute Gasteiger partial charge is 0.464 e. The zero-order valence-electron chi connectivity index (χ0n) is 6.93. The van der Waals surface area contributed by atoms with Gasteiger partial charge in [-0.05, 0) is 13.8 Å². The Morgan fingerprint density at radius 3 is 2.83 bits per heavy atom. The van der Waals surface area contributed by atoms with Gasteiger partial charge in [-0.1, -0.05) is 0 Å². The molecule has 0 fully saturated rings. The number of nitrogens with zero attached hydrogens (tertiary/aromatic N) is 4. The Morgan fingerprint density at radius 1 is 1.83 bits per heavy atom. The lowest BCUT2D eigenvalue weighted by Crippen LogP contribution is -2.39. The van der Waals surface area contributed by atoms with Crippen LogP contribution in [0, 0.1) is 6.92 Å². The highest BCUT2D eigenvalue weighted by atomic mass is 16.4. The molecule has 1 rings (SSSR count). The van der Waals surface area contributed by atoms with Crippen LogP contribution in [0.3, 0.4) is 0 Å². The number of aryl methyl sites for hydroxylation is 1. The van der Waals surface area contributed by atoms with Gasteiger partial charge >= 0.3 is 6.09 Å². The molecule has 0 saturated carbocycles. The first-order valence-electron chi connectivity index (χ1n) is 3.54.